The molecule has 1 aliphatic rings. The Balaban J connectivity index is 2.09. The maximum Gasteiger partial charge on any atom is 0.315 e. The van der Waals surface area contributed by atoms with Gasteiger partial charge in [-0.25, -0.2) is 0 Å². The number of nitrogens with one attached hydrogen (secondary N) is 1. The predicted octanol–water partition coefficient (Wildman–Crippen LogP) is 2.57. The van der Waals surface area contributed by atoms with Crippen LogP contribution in [0.5, 0.6) is 5.75 Å². The summed E-state index contributed by atoms with van der Waals surface area (Å²) >= 11 is 1.68. The highest BCUT2D eigenvalue weighted by Gasteiger charge is 2.29. The van der Waals surface area contributed by atoms with E-state index in [9.17, 15) is 4.79 Å². The van der Waals surface area contributed by atoms with Gasteiger partial charge in [0.25, 0.3) is 0 Å². The molecule has 1 aliphatic carbocycles. The lowest BCUT2D eigenvalue weighted by Crippen LogP contribution is -2.33. The quantitative estimate of drug-likeness (QED) is 0.818. The summed E-state index contributed by atoms with van der Waals surface area (Å²) in [4.78, 5) is 11.5. The fourth-order valence-corrected chi connectivity index (χ4v) is 3.97. The highest BCUT2D eigenvalue weighted by atomic mass is 32.2. The standard InChI is InChI=1S/C16H23NO3S/c1-4-20-15(18)10-21-14-8-6-11-5-7-12(19-3)9-13(11)16(14)17-2/h5,7,9,14,16-17H,4,6,8,10H2,1-3H3. The number of thioether (sulfide) groups is 1. The van der Waals surface area contributed by atoms with Crippen LogP contribution in [0.2, 0.25) is 0 Å². The number of esters is 1. The molecule has 0 fully saturated rings. The monoisotopic (exact) mass is 309 g/mol. The Kier molecular flexibility index (Phi) is 5.94. The SMILES string of the molecule is CCOC(=O)CSC1CCc2ccc(OC)cc2C1NC. The summed E-state index contributed by atoms with van der Waals surface area (Å²) in [6, 6.07) is 6.50. The van der Waals surface area contributed by atoms with Crippen molar-refractivity contribution in [3.63, 3.8) is 0 Å². The van der Waals surface area contributed by atoms with Gasteiger partial charge in [-0.05, 0) is 50.1 Å². The topological polar surface area (TPSA) is 47.6 Å². The summed E-state index contributed by atoms with van der Waals surface area (Å²) in [7, 11) is 3.66. The smallest absolute Gasteiger partial charge is 0.315 e. The summed E-state index contributed by atoms with van der Waals surface area (Å²) < 4.78 is 10.3. The van der Waals surface area contributed by atoms with Crippen molar-refractivity contribution in [2.24, 2.45) is 0 Å². The van der Waals surface area contributed by atoms with E-state index in [0.29, 0.717) is 17.6 Å². The van der Waals surface area contributed by atoms with Gasteiger partial charge in [0.05, 0.1) is 19.5 Å². The van der Waals surface area contributed by atoms with Crippen LogP contribution in [0.25, 0.3) is 0 Å². The second-order valence-electron chi connectivity index (χ2n) is 5.02. The van der Waals surface area contributed by atoms with E-state index in [0.717, 1.165) is 18.6 Å². The van der Waals surface area contributed by atoms with Crippen molar-refractivity contribution in [1.29, 1.82) is 0 Å². The van der Waals surface area contributed by atoms with E-state index in [1.54, 1.807) is 18.9 Å². The molecule has 0 spiro atoms. The maximum atomic E-state index is 11.5. The number of methoxy groups -OCH3 is 1. The highest BCUT2D eigenvalue weighted by molar-refractivity contribution is 8.00. The molecule has 5 heteroatoms. The molecule has 21 heavy (non-hydrogen) atoms. The van der Waals surface area contributed by atoms with Crippen LogP contribution in [0.1, 0.15) is 30.5 Å². The molecule has 0 heterocycles. The third kappa shape index (κ3) is 3.92. The summed E-state index contributed by atoms with van der Waals surface area (Å²) in [5, 5.41) is 3.76. The average molecular weight is 309 g/mol. The molecule has 0 bridgehead atoms. The van der Waals surface area contributed by atoms with Crippen LogP contribution in [-0.2, 0) is 16.0 Å². The van der Waals surface area contributed by atoms with E-state index in [-0.39, 0.29) is 12.0 Å². The molecule has 0 amide bonds. The molecule has 116 valence electrons. The summed E-state index contributed by atoms with van der Waals surface area (Å²) in [5.41, 5.74) is 2.65. The summed E-state index contributed by atoms with van der Waals surface area (Å²) in [6.07, 6.45) is 2.10. The molecule has 2 atom stereocenters. The first kappa shape index (κ1) is 16.2. The van der Waals surface area contributed by atoms with Crippen LogP contribution in [0, 0.1) is 0 Å². The molecule has 0 aliphatic heterocycles. The zero-order valence-electron chi connectivity index (χ0n) is 12.8. The Morgan fingerprint density at radius 3 is 2.95 bits per heavy atom. The molecular weight excluding hydrogens is 286 g/mol. The van der Waals surface area contributed by atoms with Crippen LogP contribution >= 0.6 is 11.8 Å². The summed E-state index contributed by atoms with van der Waals surface area (Å²) in [5.74, 6) is 1.16. The number of hydrogen-bond donors (Lipinski definition) is 1. The van der Waals surface area contributed by atoms with Crippen molar-refractivity contribution in [2.45, 2.75) is 31.1 Å². The number of benzene rings is 1. The lowest BCUT2D eigenvalue weighted by atomic mass is 9.87. The molecule has 1 aromatic rings. The van der Waals surface area contributed by atoms with Crippen LogP contribution in [0.4, 0.5) is 0 Å². The lowest BCUT2D eigenvalue weighted by molar-refractivity contribution is -0.139. The van der Waals surface area contributed by atoms with Gasteiger partial charge in [-0.3, -0.25) is 4.79 Å². The van der Waals surface area contributed by atoms with E-state index in [2.05, 4.69) is 17.4 Å². The number of hydrogen-bond acceptors (Lipinski definition) is 5. The lowest BCUT2D eigenvalue weighted by Gasteiger charge is -2.33. The first-order chi connectivity index (χ1) is 10.2. The van der Waals surface area contributed by atoms with Crippen molar-refractivity contribution in [3.8, 4) is 5.75 Å². The van der Waals surface area contributed by atoms with Crippen molar-refractivity contribution in [3.05, 3.63) is 29.3 Å². The average Bonchev–Trinajstić information content (AvgIpc) is 2.51. The van der Waals surface area contributed by atoms with Crippen molar-refractivity contribution >= 4 is 17.7 Å². The molecule has 0 saturated carbocycles. The van der Waals surface area contributed by atoms with E-state index >= 15 is 0 Å². The zero-order chi connectivity index (χ0) is 15.2. The molecule has 0 saturated heterocycles. The third-order valence-corrected chi connectivity index (χ3v) is 5.13. The minimum atomic E-state index is -0.131. The van der Waals surface area contributed by atoms with Crippen molar-refractivity contribution in [1.82, 2.24) is 5.32 Å². The second kappa shape index (κ2) is 7.71. The zero-order valence-corrected chi connectivity index (χ0v) is 13.7. The highest BCUT2D eigenvalue weighted by Crippen LogP contribution is 2.38. The third-order valence-electron chi connectivity index (χ3n) is 3.79. The van der Waals surface area contributed by atoms with Gasteiger partial charge in [0.1, 0.15) is 5.75 Å². The summed E-state index contributed by atoms with van der Waals surface area (Å²) in [6.45, 7) is 2.28. The molecule has 2 rings (SSSR count). The van der Waals surface area contributed by atoms with E-state index in [1.807, 2.05) is 20.0 Å². The van der Waals surface area contributed by atoms with E-state index < -0.39 is 0 Å². The molecule has 0 radical (unpaired) electrons. The second-order valence-corrected chi connectivity index (χ2v) is 6.25. The molecule has 1 aromatic carbocycles. The molecule has 2 unspecified atom stereocenters. The number of carbonyl (C=O) groups is 1. The van der Waals surface area contributed by atoms with Gasteiger partial charge in [-0.2, -0.15) is 0 Å². The van der Waals surface area contributed by atoms with Gasteiger partial charge in [0.2, 0.25) is 0 Å². The molecular formula is C16H23NO3S. The molecule has 0 aromatic heterocycles. The van der Waals surface area contributed by atoms with E-state index in [4.69, 9.17) is 9.47 Å². The Hall–Kier alpha value is -1.20. The van der Waals surface area contributed by atoms with Crippen molar-refractivity contribution in [2.75, 3.05) is 26.5 Å². The van der Waals surface area contributed by atoms with Crippen LogP contribution < -0.4 is 10.1 Å². The van der Waals surface area contributed by atoms with Crippen LogP contribution in [-0.4, -0.2) is 37.7 Å². The maximum absolute atomic E-state index is 11.5. The fraction of sp³-hybridized carbons (Fsp3) is 0.562. The van der Waals surface area contributed by atoms with Gasteiger partial charge in [-0.15, -0.1) is 11.8 Å². The van der Waals surface area contributed by atoms with Gasteiger partial charge < -0.3 is 14.8 Å². The Morgan fingerprint density at radius 1 is 1.48 bits per heavy atom. The Morgan fingerprint density at radius 2 is 2.29 bits per heavy atom. The fourth-order valence-electron chi connectivity index (χ4n) is 2.78. The number of rotatable bonds is 6. The van der Waals surface area contributed by atoms with Gasteiger partial charge >= 0.3 is 5.97 Å². The van der Waals surface area contributed by atoms with Crippen molar-refractivity contribution < 1.29 is 14.3 Å². The number of aryl methyl sites for hydroxylation is 1. The first-order valence-corrected chi connectivity index (χ1v) is 8.35. The molecule has 4 nitrogen and oxygen atoms in total. The number of ether oxygens (including phenoxy) is 2. The minimum Gasteiger partial charge on any atom is -0.497 e. The van der Waals surface area contributed by atoms with Gasteiger partial charge in [0.15, 0.2) is 0 Å². The number of carbonyl (C=O) groups excluding carboxylic acids is 1. The largest absolute Gasteiger partial charge is 0.497 e. The Labute approximate surface area is 130 Å². The van der Waals surface area contributed by atoms with Crippen LogP contribution in [0.3, 0.4) is 0 Å². The Bertz CT molecular complexity index is 492. The first-order valence-electron chi connectivity index (χ1n) is 7.30. The van der Waals surface area contributed by atoms with E-state index in [1.165, 1.54) is 11.1 Å². The van der Waals surface area contributed by atoms with Gasteiger partial charge in [0, 0.05) is 11.3 Å². The van der Waals surface area contributed by atoms with Crippen LogP contribution in [0.15, 0.2) is 18.2 Å². The normalized spacial score (nSPS) is 20.7. The predicted molar refractivity (Wildman–Crippen MR) is 86.0 cm³/mol. The van der Waals surface area contributed by atoms with Gasteiger partial charge in [-0.1, -0.05) is 6.07 Å². The number of fused-ring (bicyclic) bond motifs is 1. The minimum absolute atomic E-state index is 0.131. The molecule has 1 N–H and O–H groups in total.